The number of carbonyl (C=O) groups is 4. The lowest BCUT2D eigenvalue weighted by Crippen LogP contribution is -2.56. The van der Waals surface area contributed by atoms with Crippen LogP contribution >= 0.6 is 15.2 Å². The van der Waals surface area contributed by atoms with Crippen molar-refractivity contribution in [2.24, 2.45) is 5.73 Å². The van der Waals surface area contributed by atoms with E-state index in [1.807, 2.05) is 39.3 Å². The molecule has 0 heterocycles. The van der Waals surface area contributed by atoms with Crippen molar-refractivity contribution < 1.29 is 107 Å². The first-order chi connectivity index (χ1) is 30.9. The summed E-state index contributed by atoms with van der Waals surface area (Å²) in [6, 6.07) is 1.01. The van der Waals surface area contributed by atoms with E-state index in [1.54, 1.807) is 0 Å². The molecular weight excluding hydrogens is 1230 g/mol. The Labute approximate surface area is 513 Å². The van der Waals surface area contributed by atoms with Gasteiger partial charge in [-0.05, 0) is 130 Å². The Balaban J connectivity index is -0.0000000440. The van der Waals surface area contributed by atoms with Crippen LogP contribution in [0.2, 0.25) is 110 Å². The van der Waals surface area contributed by atoms with Crippen LogP contribution in [-0.2, 0) is 72.6 Å². The van der Waals surface area contributed by atoms with Gasteiger partial charge in [0.15, 0.2) is 25.0 Å². The minimum absolute atomic E-state index is 0. The number of nitrogens with two attached hydrogens (primary N) is 1. The number of carboxylic acids is 3. The van der Waals surface area contributed by atoms with E-state index in [2.05, 4.69) is 68.4 Å². The zero-order valence-electron chi connectivity index (χ0n) is 43.7. The molecule has 0 aliphatic carbocycles. The van der Waals surface area contributed by atoms with Crippen molar-refractivity contribution in [1.29, 1.82) is 0 Å². The smallest absolute Gasteiger partial charge is 0.329 e. The molecule has 0 amide bonds. The number of aliphatic carboxylic acids is 3. The second-order valence-electron chi connectivity index (χ2n) is 19.7. The number of carbonyl (C=O) groups excluding carboxylic acids is 1. The van der Waals surface area contributed by atoms with Crippen molar-refractivity contribution >= 4 is 98.5 Å². The highest BCUT2D eigenvalue weighted by Gasteiger charge is 2.44. The molecule has 0 spiro atoms. The highest BCUT2D eigenvalue weighted by atomic mass is 31.2. The topological polar surface area (TPSA) is 362 Å². The molecule has 0 aliphatic rings. The van der Waals surface area contributed by atoms with Gasteiger partial charge in [-0.3, -0.25) is 18.7 Å². The molecule has 0 rings (SSSR count). The summed E-state index contributed by atoms with van der Waals surface area (Å²) >= 11 is 0. The first-order valence-corrected chi connectivity index (χ1v) is 47.0. The first kappa shape index (κ1) is 127. The van der Waals surface area contributed by atoms with Crippen molar-refractivity contribution in [1.82, 2.24) is 0 Å². The summed E-state index contributed by atoms with van der Waals surface area (Å²) in [7, 11) is -22.3. The van der Waals surface area contributed by atoms with Gasteiger partial charge in [-0.15, -0.1) is 0 Å². The van der Waals surface area contributed by atoms with E-state index in [4.69, 9.17) is 75.4 Å². The molecular formula is C49H141NO23P2Si7. The van der Waals surface area contributed by atoms with Crippen LogP contribution in [0.5, 0.6) is 0 Å². The summed E-state index contributed by atoms with van der Waals surface area (Å²) < 4.78 is 76.3. The van der Waals surface area contributed by atoms with Gasteiger partial charge in [-0.25, -0.2) is 9.59 Å². The molecule has 518 valence electrons. The molecule has 0 saturated carbocycles. The van der Waals surface area contributed by atoms with Crippen LogP contribution in [0.4, 0.5) is 0 Å². The third kappa shape index (κ3) is 104. The third-order valence-electron chi connectivity index (χ3n) is 7.16. The predicted octanol–water partition coefficient (Wildman–Crippen LogP) is 13.4. The van der Waals surface area contributed by atoms with E-state index < -0.39 is 105 Å². The highest BCUT2D eigenvalue weighted by Crippen LogP contribution is 2.35. The fourth-order valence-corrected chi connectivity index (χ4v) is 38.0. The Morgan fingerprint density at radius 2 is 0.756 bits per heavy atom. The number of rotatable bonds is 36. The van der Waals surface area contributed by atoms with Gasteiger partial charge < -0.3 is 84.9 Å². The number of hydrogen-bond donors (Lipinski definition) is 8. The number of hydrogen-bond acceptors (Lipinski definition) is 17. The molecule has 33 heteroatoms. The maximum Gasteiger partial charge on any atom is 0.329 e. The summed E-state index contributed by atoms with van der Waals surface area (Å²) in [4.78, 5) is 75.0. The normalized spacial score (nSPS) is 11.5. The maximum atomic E-state index is 10.8. The zero-order valence-corrected chi connectivity index (χ0v) is 52.5. The Bertz CT molecular complexity index is 1490. The first-order valence-electron chi connectivity index (χ1n) is 22.2. The van der Waals surface area contributed by atoms with Gasteiger partial charge in [-0.1, -0.05) is 96.5 Å². The van der Waals surface area contributed by atoms with E-state index in [0.717, 1.165) is 12.5 Å². The van der Waals surface area contributed by atoms with Crippen molar-refractivity contribution in [2.45, 2.75) is 226 Å². The molecule has 1 atom stereocenters. The highest BCUT2D eigenvalue weighted by molar-refractivity contribution is 7.52. The second kappa shape index (κ2) is 61.9. The van der Waals surface area contributed by atoms with Gasteiger partial charge in [0.25, 0.3) is 6.47 Å². The average molecular weight is 1370 g/mol. The Morgan fingerprint density at radius 1 is 0.439 bits per heavy atom. The summed E-state index contributed by atoms with van der Waals surface area (Å²) in [5, 5.41) is 25.1. The largest absolute Gasteiger partial charge is 0.481 e. The predicted molar refractivity (Wildman–Crippen MR) is 366 cm³/mol. The van der Waals surface area contributed by atoms with Crippen LogP contribution < -0.4 is 5.73 Å². The summed E-state index contributed by atoms with van der Waals surface area (Å²) in [5.41, 5.74) is 5.67. The zero-order chi connectivity index (χ0) is 55.0. The van der Waals surface area contributed by atoms with Gasteiger partial charge in [0, 0.05) is 13.2 Å². The molecule has 0 aromatic carbocycles. The Hall–Kier alpha value is -0.702. The Kier molecular flexibility index (Phi) is 95.8. The van der Waals surface area contributed by atoms with Gasteiger partial charge in [-0.2, -0.15) is 0 Å². The standard InChI is InChI=1S/C12H35NO3Si4.C10H24O6Si3.C8H20O8P2.C6H10O6.13CH4/c1-17(2,3)14-19(7,8)16-20(9,12-10-11-13)15-18(4,5)6;1-17(2,7-10(12)13)15-19(5,6)16-18(3,4)9-14-8-11;9-17(10,11)7-1-3-15-5-6-16-4-2-8-18(12,13)14;7-5(8)3-11-1-2-12-4-6(9)10;;;;;;;;;;;;;/h10-13H2,1-9H3;8H,7,9H2,1-6H3,(H,12,13);1-8H2,(H2,9,10,11)(H2,12,13,14);1-4H2,(H,7,8)(H,9,10);13*1H4. The molecule has 0 aromatic rings. The monoisotopic (exact) mass is 1370 g/mol. The minimum Gasteiger partial charge on any atom is -0.481 e. The second-order valence-corrected chi connectivity index (χ2v) is 51.8. The van der Waals surface area contributed by atoms with Gasteiger partial charge in [0.05, 0.1) is 44.8 Å². The van der Waals surface area contributed by atoms with Crippen LogP contribution in [0, 0.1) is 0 Å². The van der Waals surface area contributed by atoms with Gasteiger partial charge in [0.1, 0.15) is 19.4 Å². The fourth-order valence-electron chi connectivity index (χ4n) is 5.99. The molecule has 9 N–H and O–H groups in total. The molecule has 0 saturated heterocycles. The molecule has 24 nitrogen and oxygen atoms in total. The molecule has 0 aromatic heterocycles. The van der Waals surface area contributed by atoms with E-state index in [0.29, 0.717) is 13.0 Å². The lowest BCUT2D eigenvalue weighted by atomic mass is 10.5. The van der Waals surface area contributed by atoms with Crippen LogP contribution in [0.1, 0.15) is 116 Å². The summed E-state index contributed by atoms with van der Waals surface area (Å²) in [6.45, 7) is 32.8. The van der Waals surface area contributed by atoms with E-state index in [-0.39, 0.29) is 174 Å². The molecule has 0 bridgehead atoms. The fraction of sp³-hybridized carbons (Fsp3) is 0.918. The van der Waals surface area contributed by atoms with Gasteiger partial charge >= 0.3 is 58.8 Å². The lowest BCUT2D eigenvalue weighted by Gasteiger charge is -2.41. The van der Waals surface area contributed by atoms with Gasteiger partial charge in [0.2, 0.25) is 8.32 Å². The van der Waals surface area contributed by atoms with Crippen LogP contribution in [-0.4, -0.2) is 196 Å². The molecule has 0 aliphatic heterocycles. The van der Waals surface area contributed by atoms with E-state index in [1.165, 1.54) is 0 Å². The van der Waals surface area contributed by atoms with Crippen LogP contribution in [0.3, 0.4) is 0 Å². The van der Waals surface area contributed by atoms with Crippen molar-refractivity contribution in [3.8, 4) is 0 Å². The summed E-state index contributed by atoms with van der Waals surface area (Å²) in [6.07, 6.45) is 1.40. The van der Waals surface area contributed by atoms with E-state index in [9.17, 15) is 28.3 Å². The Morgan fingerprint density at radius 3 is 1.04 bits per heavy atom. The lowest BCUT2D eigenvalue weighted by molar-refractivity contribution is -0.146. The number of carboxylic acid groups (broad SMARTS) is 3. The van der Waals surface area contributed by atoms with E-state index >= 15 is 0 Å². The minimum atomic E-state index is -3.94. The molecule has 82 heavy (non-hydrogen) atoms. The van der Waals surface area contributed by atoms with Crippen molar-refractivity contribution in [3.05, 3.63) is 0 Å². The maximum absolute atomic E-state index is 10.8. The number of ether oxygens (including phenoxy) is 5. The molecule has 0 radical (unpaired) electrons. The molecule has 1 unspecified atom stereocenters. The summed E-state index contributed by atoms with van der Waals surface area (Å²) in [5.74, 6) is -2.97. The third-order valence-corrected chi connectivity index (χ3v) is 32.9. The average Bonchev–Trinajstić information content (AvgIpc) is 3.08. The quantitative estimate of drug-likeness (QED) is 0.0125. The van der Waals surface area contributed by atoms with Crippen LogP contribution in [0.25, 0.3) is 0 Å². The van der Waals surface area contributed by atoms with Crippen LogP contribution in [0.15, 0.2) is 0 Å². The van der Waals surface area contributed by atoms with Crippen molar-refractivity contribution in [2.75, 3.05) is 78.0 Å². The van der Waals surface area contributed by atoms with Crippen molar-refractivity contribution in [3.63, 3.8) is 0 Å². The molecule has 0 fully saturated rings. The SMILES string of the molecule is C.C.C.C.C.C.C.C.C.C.C.C.C.C[Si](C)(C)O[Si](C)(C)O[Si](C)(CCCN)O[Si](C)(C)C.C[Si](C)(COC=O)O[Si](C)(C)O[Si](C)(C)CC(=O)O.O=C(O)COCCOCC(=O)O.O=P(O)(O)CCCOCCOCCCP(=O)(O)O.